The Bertz CT molecular complexity index is 516. The number of phenols is 1. The Morgan fingerprint density at radius 3 is 2.40 bits per heavy atom. The van der Waals surface area contributed by atoms with Gasteiger partial charge in [-0.15, -0.1) is 6.58 Å². The molecule has 0 saturated heterocycles. The van der Waals surface area contributed by atoms with E-state index in [2.05, 4.69) is 6.58 Å². The zero-order chi connectivity index (χ0) is 15.7. The van der Waals surface area contributed by atoms with Crippen LogP contribution in [0.4, 0.5) is 17.6 Å². The van der Waals surface area contributed by atoms with Gasteiger partial charge in [0.1, 0.15) is 11.6 Å². The molecule has 0 aliphatic carbocycles. The molecule has 0 aromatic heterocycles. The minimum absolute atomic E-state index is 0.0520. The molecule has 4 N–H and O–H groups in total. The largest absolute Gasteiger partial charge is 0.508 e. The van der Waals surface area contributed by atoms with Crippen molar-refractivity contribution in [3.05, 3.63) is 41.7 Å². The average molecular weight is 293 g/mol. The predicted octanol–water partition coefficient (Wildman–Crippen LogP) is 2.79. The van der Waals surface area contributed by atoms with Crippen LogP contribution in [-0.4, -0.2) is 22.0 Å². The summed E-state index contributed by atoms with van der Waals surface area (Å²) in [5.41, 5.74) is 1.63. The summed E-state index contributed by atoms with van der Waals surface area (Å²) in [5, 5.41) is 19.4. The van der Waals surface area contributed by atoms with E-state index in [0.717, 1.165) is 12.1 Å². The van der Waals surface area contributed by atoms with Crippen LogP contribution in [0.25, 0.3) is 0 Å². The van der Waals surface area contributed by atoms with Crippen LogP contribution in [0, 0.1) is 5.82 Å². The standard InChI is InChI=1S/C13H15F4NO2/c1-7(2)6-12(20,13(15,16)17)11(18)9-5-8(14)3-4-10(9)19/h3-5,11,19-20H,1,6,18H2,2H3. The second-order valence-corrected chi connectivity index (χ2v) is 4.74. The Morgan fingerprint density at radius 2 is 1.95 bits per heavy atom. The van der Waals surface area contributed by atoms with Crippen molar-refractivity contribution in [2.45, 2.75) is 31.2 Å². The van der Waals surface area contributed by atoms with Gasteiger partial charge < -0.3 is 15.9 Å². The van der Waals surface area contributed by atoms with Crippen LogP contribution >= 0.6 is 0 Å². The van der Waals surface area contributed by atoms with Crippen molar-refractivity contribution in [2.75, 3.05) is 0 Å². The molecule has 2 atom stereocenters. The normalized spacial score (nSPS) is 16.6. The van der Waals surface area contributed by atoms with Gasteiger partial charge >= 0.3 is 6.18 Å². The van der Waals surface area contributed by atoms with E-state index in [1.54, 1.807) is 0 Å². The van der Waals surface area contributed by atoms with Crippen LogP contribution in [0.3, 0.4) is 0 Å². The van der Waals surface area contributed by atoms with Gasteiger partial charge in [0.2, 0.25) is 0 Å². The number of hydrogen-bond donors (Lipinski definition) is 3. The van der Waals surface area contributed by atoms with E-state index in [0.29, 0.717) is 6.07 Å². The third-order valence-corrected chi connectivity index (χ3v) is 2.90. The second-order valence-electron chi connectivity index (χ2n) is 4.74. The molecule has 0 fully saturated rings. The molecule has 1 aromatic rings. The molecule has 0 aliphatic heterocycles. The van der Waals surface area contributed by atoms with Crippen LogP contribution in [-0.2, 0) is 0 Å². The number of nitrogens with two attached hydrogens (primary N) is 1. The highest BCUT2D eigenvalue weighted by atomic mass is 19.4. The monoisotopic (exact) mass is 293 g/mol. The van der Waals surface area contributed by atoms with E-state index < -0.39 is 41.4 Å². The maximum atomic E-state index is 13.1. The third-order valence-electron chi connectivity index (χ3n) is 2.90. The quantitative estimate of drug-likeness (QED) is 0.590. The molecule has 20 heavy (non-hydrogen) atoms. The Kier molecular flexibility index (Phi) is 4.45. The summed E-state index contributed by atoms with van der Waals surface area (Å²) in [6, 6.07) is 0.364. The van der Waals surface area contributed by atoms with Crippen molar-refractivity contribution in [1.82, 2.24) is 0 Å². The van der Waals surface area contributed by atoms with Crippen molar-refractivity contribution in [3.8, 4) is 5.75 Å². The summed E-state index contributed by atoms with van der Waals surface area (Å²) in [5.74, 6) is -1.49. The number of phenolic OH excluding ortho intramolecular Hbond substituents is 1. The molecule has 112 valence electrons. The lowest BCUT2D eigenvalue weighted by molar-refractivity contribution is -0.268. The SMILES string of the molecule is C=C(C)CC(O)(C(N)c1cc(F)ccc1O)C(F)(F)F. The van der Waals surface area contributed by atoms with Crippen LogP contribution < -0.4 is 5.73 Å². The fourth-order valence-corrected chi connectivity index (χ4v) is 1.88. The summed E-state index contributed by atoms with van der Waals surface area (Å²) < 4.78 is 52.4. The minimum Gasteiger partial charge on any atom is -0.508 e. The molecule has 1 rings (SSSR count). The van der Waals surface area contributed by atoms with E-state index in [4.69, 9.17) is 5.73 Å². The first-order valence-corrected chi connectivity index (χ1v) is 5.66. The highest BCUT2D eigenvalue weighted by Crippen LogP contribution is 2.44. The molecular formula is C13H15F4NO2. The van der Waals surface area contributed by atoms with Crippen molar-refractivity contribution >= 4 is 0 Å². The molecule has 0 aliphatic rings. The first-order chi connectivity index (χ1) is 8.99. The van der Waals surface area contributed by atoms with Gasteiger partial charge in [-0.05, 0) is 25.1 Å². The van der Waals surface area contributed by atoms with Crippen LogP contribution in [0.1, 0.15) is 24.9 Å². The summed E-state index contributed by atoms with van der Waals surface area (Å²) in [6.45, 7) is 4.62. The van der Waals surface area contributed by atoms with Gasteiger partial charge in [0, 0.05) is 12.0 Å². The lowest BCUT2D eigenvalue weighted by Crippen LogP contribution is -2.53. The fourth-order valence-electron chi connectivity index (χ4n) is 1.88. The first-order valence-electron chi connectivity index (χ1n) is 5.66. The number of halogens is 4. The van der Waals surface area contributed by atoms with E-state index in [1.165, 1.54) is 6.92 Å². The average Bonchev–Trinajstić information content (AvgIpc) is 2.29. The zero-order valence-electron chi connectivity index (χ0n) is 10.7. The molecule has 1 aromatic carbocycles. The molecule has 0 spiro atoms. The van der Waals surface area contributed by atoms with Gasteiger partial charge in [-0.25, -0.2) is 4.39 Å². The zero-order valence-corrected chi connectivity index (χ0v) is 10.7. The molecular weight excluding hydrogens is 278 g/mol. The van der Waals surface area contributed by atoms with Crippen molar-refractivity contribution in [2.24, 2.45) is 5.73 Å². The Labute approximate surface area is 113 Å². The molecule has 0 bridgehead atoms. The Morgan fingerprint density at radius 1 is 1.40 bits per heavy atom. The number of aromatic hydroxyl groups is 1. The van der Waals surface area contributed by atoms with E-state index in [1.807, 2.05) is 0 Å². The van der Waals surface area contributed by atoms with E-state index in [9.17, 15) is 27.8 Å². The number of alkyl halides is 3. The van der Waals surface area contributed by atoms with E-state index >= 15 is 0 Å². The third kappa shape index (κ3) is 3.10. The molecule has 3 nitrogen and oxygen atoms in total. The van der Waals surface area contributed by atoms with Crippen molar-refractivity contribution in [1.29, 1.82) is 0 Å². The van der Waals surface area contributed by atoms with Crippen LogP contribution in [0.15, 0.2) is 30.4 Å². The number of hydrogen-bond acceptors (Lipinski definition) is 3. The summed E-state index contributed by atoms with van der Waals surface area (Å²) in [4.78, 5) is 0. The van der Waals surface area contributed by atoms with Crippen molar-refractivity contribution in [3.63, 3.8) is 0 Å². The van der Waals surface area contributed by atoms with E-state index in [-0.39, 0.29) is 5.57 Å². The lowest BCUT2D eigenvalue weighted by Gasteiger charge is -2.36. The topological polar surface area (TPSA) is 66.5 Å². The predicted molar refractivity (Wildman–Crippen MR) is 65.4 cm³/mol. The summed E-state index contributed by atoms with van der Waals surface area (Å²) >= 11 is 0. The maximum Gasteiger partial charge on any atom is 0.419 e. The number of rotatable bonds is 4. The number of benzene rings is 1. The van der Waals surface area contributed by atoms with Crippen molar-refractivity contribution < 1.29 is 27.8 Å². The lowest BCUT2D eigenvalue weighted by atomic mass is 9.83. The van der Waals surface area contributed by atoms with Gasteiger partial charge in [0.15, 0.2) is 5.60 Å². The highest BCUT2D eigenvalue weighted by molar-refractivity contribution is 5.37. The second kappa shape index (κ2) is 5.41. The fraction of sp³-hybridized carbons (Fsp3) is 0.385. The maximum absolute atomic E-state index is 13.1. The molecule has 0 amide bonds. The minimum atomic E-state index is -5.07. The highest BCUT2D eigenvalue weighted by Gasteiger charge is 2.58. The van der Waals surface area contributed by atoms with Gasteiger partial charge in [-0.3, -0.25) is 0 Å². The van der Waals surface area contributed by atoms with Gasteiger partial charge in [-0.1, -0.05) is 5.57 Å². The molecule has 2 unspecified atom stereocenters. The molecule has 7 heteroatoms. The van der Waals surface area contributed by atoms with Crippen LogP contribution in [0.2, 0.25) is 0 Å². The van der Waals surface area contributed by atoms with Gasteiger partial charge in [0.25, 0.3) is 0 Å². The van der Waals surface area contributed by atoms with Gasteiger partial charge in [-0.2, -0.15) is 13.2 Å². The van der Waals surface area contributed by atoms with Gasteiger partial charge in [0.05, 0.1) is 6.04 Å². The molecule has 0 radical (unpaired) electrons. The summed E-state index contributed by atoms with van der Waals surface area (Å²) in [7, 11) is 0. The Hall–Kier alpha value is -1.60. The summed E-state index contributed by atoms with van der Waals surface area (Å²) in [6.07, 6.45) is -5.92. The smallest absolute Gasteiger partial charge is 0.419 e. The number of aliphatic hydroxyl groups is 1. The first kappa shape index (κ1) is 16.5. The Balaban J connectivity index is 3.34. The molecule has 0 heterocycles. The molecule has 0 saturated carbocycles. The van der Waals surface area contributed by atoms with Crippen LogP contribution in [0.5, 0.6) is 5.75 Å².